The Balaban J connectivity index is 1.99. The minimum Gasteiger partial charge on any atom is -0.489 e. The molecule has 112 valence electrons. The fraction of sp³-hybridized carbons (Fsp3) is 0.188. The number of nitro benzene ring substituents is 1. The molecule has 6 nitrogen and oxygen atoms in total. The Hall–Kier alpha value is -3.07. The second-order valence-electron chi connectivity index (χ2n) is 4.72. The standard InChI is InChI=1S/C16H15N3O3/c1-12(22-15-5-3-2-4-6-15)11-18-16-8-7-14(19(20)21)9-13(16)10-17/h2-9,12,18H,11H2,1H3. The van der Waals surface area contributed by atoms with Crippen molar-refractivity contribution < 1.29 is 9.66 Å². The number of nitrogens with one attached hydrogen (secondary N) is 1. The molecule has 1 N–H and O–H groups in total. The molecule has 1 unspecified atom stereocenters. The van der Waals surface area contributed by atoms with Crippen LogP contribution in [-0.4, -0.2) is 17.6 Å². The Morgan fingerprint density at radius 1 is 1.32 bits per heavy atom. The number of hydrogen-bond acceptors (Lipinski definition) is 5. The molecular formula is C16H15N3O3. The summed E-state index contributed by atoms with van der Waals surface area (Å²) in [6.45, 7) is 2.37. The SMILES string of the molecule is CC(CNc1ccc([N+](=O)[O-])cc1C#N)Oc1ccccc1. The number of nitrogens with zero attached hydrogens (tertiary/aromatic N) is 2. The minimum atomic E-state index is -0.522. The zero-order chi connectivity index (χ0) is 15.9. The highest BCUT2D eigenvalue weighted by molar-refractivity contribution is 5.61. The first-order valence-corrected chi connectivity index (χ1v) is 6.74. The van der Waals surface area contributed by atoms with Crippen molar-refractivity contribution >= 4 is 11.4 Å². The van der Waals surface area contributed by atoms with Crippen LogP contribution in [0.15, 0.2) is 48.5 Å². The van der Waals surface area contributed by atoms with E-state index >= 15 is 0 Å². The van der Waals surface area contributed by atoms with Gasteiger partial charge in [-0.05, 0) is 25.1 Å². The monoisotopic (exact) mass is 297 g/mol. The van der Waals surface area contributed by atoms with Crippen molar-refractivity contribution in [2.24, 2.45) is 0 Å². The fourth-order valence-corrected chi connectivity index (χ4v) is 1.92. The average molecular weight is 297 g/mol. The van der Waals surface area contributed by atoms with E-state index in [-0.39, 0.29) is 17.4 Å². The van der Waals surface area contributed by atoms with E-state index in [4.69, 9.17) is 10.00 Å². The van der Waals surface area contributed by atoms with Gasteiger partial charge in [0.25, 0.3) is 5.69 Å². The summed E-state index contributed by atoms with van der Waals surface area (Å²) in [6, 6.07) is 15.5. The Labute approximate surface area is 128 Å². The lowest BCUT2D eigenvalue weighted by Crippen LogP contribution is -2.23. The lowest BCUT2D eigenvalue weighted by atomic mass is 10.1. The first kappa shape index (κ1) is 15.3. The van der Waals surface area contributed by atoms with Crippen LogP contribution >= 0.6 is 0 Å². The van der Waals surface area contributed by atoms with Crippen LogP contribution in [-0.2, 0) is 0 Å². The first-order valence-electron chi connectivity index (χ1n) is 6.74. The van der Waals surface area contributed by atoms with Gasteiger partial charge in [-0.15, -0.1) is 0 Å². The average Bonchev–Trinajstić information content (AvgIpc) is 2.53. The maximum atomic E-state index is 10.7. The van der Waals surface area contributed by atoms with E-state index < -0.39 is 4.92 Å². The molecule has 0 amide bonds. The van der Waals surface area contributed by atoms with E-state index in [0.717, 1.165) is 5.75 Å². The molecule has 0 radical (unpaired) electrons. The topological polar surface area (TPSA) is 88.2 Å². The quantitative estimate of drug-likeness (QED) is 0.652. The number of ether oxygens (including phenoxy) is 1. The van der Waals surface area contributed by atoms with Crippen LogP contribution in [0.2, 0.25) is 0 Å². The Bertz CT molecular complexity index is 696. The van der Waals surface area contributed by atoms with Crippen molar-refractivity contribution in [2.75, 3.05) is 11.9 Å². The summed E-state index contributed by atoms with van der Waals surface area (Å²) in [6.07, 6.45) is -0.121. The molecule has 2 aromatic rings. The summed E-state index contributed by atoms with van der Waals surface area (Å²) in [7, 11) is 0. The third-order valence-electron chi connectivity index (χ3n) is 2.99. The van der Waals surface area contributed by atoms with Crippen molar-refractivity contribution in [1.82, 2.24) is 0 Å². The van der Waals surface area contributed by atoms with Crippen molar-refractivity contribution in [1.29, 1.82) is 5.26 Å². The summed E-state index contributed by atoms with van der Waals surface area (Å²) in [4.78, 5) is 10.2. The molecule has 2 rings (SSSR count). The highest BCUT2D eigenvalue weighted by atomic mass is 16.6. The number of nitriles is 1. The number of non-ortho nitro benzene ring substituents is 1. The molecule has 0 spiro atoms. The van der Waals surface area contributed by atoms with E-state index in [1.54, 1.807) is 0 Å². The lowest BCUT2D eigenvalue weighted by molar-refractivity contribution is -0.384. The predicted molar refractivity (Wildman–Crippen MR) is 82.8 cm³/mol. The maximum Gasteiger partial charge on any atom is 0.270 e. The number of anilines is 1. The summed E-state index contributed by atoms with van der Waals surface area (Å²) >= 11 is 0. The fourth-order valence-electron chi connectivity index (χ4n) is 1.92. The second-order valence-corrected chi connectivity index (χ2v) is 4.72. The molecule has 0 aliphatic heterocycles. The van der Waals surface area contributed by atoms with Gasteiger partial charge in [0.1, 0.15) is 17.9 Å². The van der Waals surface area contributed by atoms with Crippen LogP contribution < -0.4 is 10.1 Å². The van der Waals surface area contributed by atoms with Crippen LogP contribution in [0.4, 0.5) is 11.4 Å². The Morgan fingerprint density at radius 3 is 2.68 bits per heavy atom. The van der Waals surface area contributed by atoms with Crippen molar-refractivity contribution in [3.05, 3.63) is 64.2 Å². The van der Waals surface area contributed by atoms with Gasteiger partial charge >= 0.3 is 0 Å². The van der Waals surface area contributed by atoms with Crippen LogP contribution in [0.25, 0.3) is 0 Å². The van der Waals surface area contributed by atoms with Gasteiger partial charge in [-0.3, -0.25) is 10.1 Å². The van der Waals surface area contributed by atoms with E-state index in [2.05, 4.69) is 5.32 Å². The molecule has 1 atom stereocenters. The highest BCUT2D eigenvalue weighted by Gasteiger charge is 2.11. The molecule has 0 heterocycles. The van der Waals surface area contributed by atoms with E-state index in [0.29, 0.717) is 12.2 Å². The molecule has 0 aliphatic rings. The van der Waals surface area contributed by atoms with Gasteiger partial charge in [-0.25, -0.2) is 0 Å². The van der Waals surface area contributed by atoms with Crippen LogP contribution in [0.3, 0.4) is 0 Å². The Kier molecular flexibility index (Phi) is 4.94. The number of benzene rings is 2. The third kappa shape index (κ3) is 3.96. The summed E-state index contributed by atoms with van der Waals surface area (Å²) < 4.78 is 5.72. The van der Waals surface area contributed by atoms with Crippen LogP contribution in [0.1, 0.15) is 12.5 Å². The smallest absolute Gasteiger partial charge is 0.270 e. The van der Waals surface area contributed by atoms with Gasteiger partial charge in [-0.2, -0.15) is 5.26 Å². The van der Waals surface area contributed by atoms with Crippen LogP contribution in [0, 0.1) is 21.4 Å². The minimum absolute atomic E-state index is 0.101. The second kappa shape index (κ2) is 7.09. The van der Waals surface area contributed by atoms with E-state index in [1.807, 2.05) is 43.3 Å². The molecule has 0 aromatic heterocycles. The van der Waals surface area contributed by atoms with Gasteiger partial charge in [0.15, 0.2) is 0 Å². The van der Waals surface area contributed by atoms with Crippen molar-refractivity contribution in [3.8, 4) is 11.8 Å². The molecule has 6 heteroatoms. The molecule has 0 aliphatic carbocycles. The third-order valence-corrected chi connectivity index (χ3v) is 2.99. The first-order chi connectivity index (χ1) is 10.6. The van der Waals surface area contributed by atoms with Gasteiger partial charge in [0.2, 0.25) is 0 Å². The zero-order valence-corrected chi connectivity index (χ0v) is 12.0. The lowest BCUT2D eigenvalue weighted by Gasteiger charge is -2.16. The molecule has 0 saturated carbocycles. The maximum absolute atomic E-state index is 10.7. The molecule has 0 fully saturated rings. The predicted octanol–water partition coefficient (Wildman–Crippen LogP) is 3.35. The van der Waals surface area contributed by atoms with E-state index in [9.17, 15) is 10.1 Å². The number of nitro groups is 1. The van der Waals surface area contributed by atoms with Crippen molar-refractivity contribution in [2.45, 2.75) is 13.0 Å². The largest absolute Gasteiger partial charge is 0.489 e. The number of hydrogen-bond donors (Lipinski definition) is 1. The summed E-state index contributed by atoms with van der Waals surface area (Å²) in [5.74, 6) is 0.765. The molecule has 22 heavy (non-hydrogen) atoms. The zero-order valence-electron chi connectivity index (χ0n) is 12.0. The highest BCUT2D eigenvalue weighted by Crippen LogP contribution is 2.21. The normalized spacial score (nSPS) is 11.3. The molecule has 0 bridgehead atoms. The summed E-state index contributed by atoms with van der Waals surface area (Å²) in [5.41, 5.74) is 0.688. The molecular weight excluding hydrogens is 282 g/mol. The number of para-hydroxylation sites is 1. The summed E-state index contributed by atoms with van der Waals surface area (Å²) in [5, 5.41) is 22.9. The van der Waals surface area contributed by atoms with Gasteiger partial charge in [0, 0.05) is 12.1 Å². The number of rotatable bonds is 6. The molecule has 2 aromatic carbocycles. The van der Waals surface area contributed by atoms with Crippen LogP contribution in [0.5, 0.6) is 5.75 Å². The Morgan fingerprint density at radius 2 is 2.05 bits per heavy atom. The van der Waals surface area contributed by atoms with Crippen molar-refractivity contribution in [3.63, 3.8) is 0 Å². The molecule has 0 saturated heterocycles. The van der Waals surface area contributed by atoms with E-state index in [1.165, 1.54) is 18.2 Å². The van der Waals surface area contributed by atoms with Gasteiger partial charge in [-0.1, -0.05) is 18.2 Å². The van der Waals surface area contributed by atoms with Gasteiger partial charge < -0.3 is 10.1 Å². The van der Waals surface area contributed by atoms with Gasteiger partial charge in [0.05, 0.1) is 22.7 Å².